The quantitative estimate of drug-likeness (QED) is 0.278. The van der Waals surface area contributed by atoms with Crippen LogP contribution in [0.15, 0.2) is 58.7 Å². The lowest BCUT2D eigenvalue weighted by Crippen LogP contribution is -2.40. The number of anilines is 1. The molecule has 0 unspecified atom stereocenters. The number of para-hydroxylation sites is 1. The van der Waals surface area contributed by atoms with Crippen molar-refractivity contribution in [3.63, 3.8) is 0 Å². The van der Waals surface area contributed by atoms with Gasteiger partial charge in [-0.15, -0.1) is 0 Å². The summed E-state index contributed by atoms with van der Waals surface area (Å²) >= 11 is 1.62. The number of hydrogen-bond acceptors (Lipinski definition) is 6. The smallest absolute Gasteiger partial charge is 0.278 e. The summed E-state index contributed by atoms with van der Waals surface area (Å²) in [6.45, 7) is 4.61. The molecular formula is C26H32F3N5S. The zero-order chi connectivity index (χ0) is 24.6. The third-order valence-electron chi connectivity index (χ3n) is 6.41. The minimum Gasteiger partial charge on any atom is -0.303 e. The van der Waals surface area contributed by atoms with Crippen molar-refractivity contribution in [1.82, 2.24) is 9.31 Å². The van der Waals surface area contributed by atoms with E-state index in [9.17, 15) is 8.78 Å². The van der Waals surface area contributed by atoms with Crippen LogP contribution in [-0.4, -0.2) is 59.6 Å². The molecule has 35 heavy (non-hydrogen) atoms. The second-order valence-electron chi connectivity index (χ2n) is 8.83. The Kier molecular flexibility index (Phi) is 9.23. The van der Waals surface area contributed by atoms with Gasteiger partial charge in [-0.05, 0) is 63.4 Å². The monoisotopic (exact) mass is 503 g/mol. The third-order valence-corrected chi connectivity index (χ3v) is 7.21. The van der Waals surface area contributed by atoms with E-state index in [2.05, 4.69) is 24.5 Å². The van der Waals surface area contributed by atoms with Crippen molar-refractivity contribution < 1.29 is 13.2 Å². The predicted octanol–water partition coefficient (Wildman–Crippen LogP) is 6.02. The molecule has 188 valence electrons. The molecule has 0 saturated carbocycles. The Morgan fingerprint density at radius 1 is 1.03 bits per heavy atom. The summed E-state index contributed by atoms with van der Waals surface area (Å²) in [5.41, 5.74) is 2.09. The lowest BCUT2D eigenvalue weighted by atomic mass is 10.0. The van der Waals surface area contributed by atoms with Crippen molar-refractivity contribution in [3.05, 3.63) is 65.5 Å². The number of alkyl halides is 2. The van der Waals surface area contributed by atoms with Crippen LogP contribution in [0.5, 0.6) is 0 Å². The van der Waals surface area contributed by atoms with Gasteiger partial charge in [-0.25, -0.2) is 13.2 Å². The van der Waals surface area contributed by atoms with Gasteiger partial charge in [0, 0.05) is 24.1 Å². The second kappa shape index (κ2) is 12.6. The average Bonchev–Trinajstić information content (AvgIpc) is 3.38. The summed E-state index contributed by atoms with van der Waals surface area (Å²) in [6, 6.07) is 14.8. The van der Waals surface area contributed by atoms with Crippen molar-refractivity contribution in [2.45, 2.75) is 45.1 Å². The number of benzene rings is 2. The van der Waals surface area contributed by atoms with Gasteiger partial charge in [-0.1, -0.05) is 48.7 Å². The molecule has 0 amide bonds. The second-order valence-corrected chi connectivity index (χ2v) is 9.62. The number of piperidine rings is 1. The standard InChI is InChI=1S/C26H32F3N5S/c1-35-34(16-8-15-32-13-6-3-7-14-32)33(22-9-4-2-5-10-22)19-21-12-11-20(17-23(21)27)24-18-25(26(28)29)31-30-24/h2,4-5,9-12,17,26H,3,6-8,13-16,18-19H2,1H3. The first-order valence-electron chi connectivity index (χ1n) is 12.1. The summed E-state index contributed by atoms with van der Waals surface area (Å²) in [6.07, 6.45) is 4.25. The maximum atomic E-state index is 15.2. The van der Waals surface area contributed by atoms with Crippen LogP contribution in [0.25, 0.3) is 0 Å². The molecule has 2 aliphatic rings. The molecule has 2 aromatic rings. The van der Waals surface area contributed by atoms with Crippen molar-refractivity contribution in [2.24, 2.45) is 10.2 Å². The Labute approximate surface area is 209 Å². The third kappa shape index (κ3) is 6.86. The number of likely N-dealkylation sites (tertiary alicyclic amines) is 1. The zero-order valence-corrected chi connectivity index (χ0v) is 20.9. The van der Waals surface area contributed by atoms with Crippen molar-refractivity contribution in [1.29, 1.82) is 0 Å². The molecule has 0 aliphatic carbocycles. The molecule has 0 radical (unpaired) electrons. The van der Waals surface area contributed by atoms with Crippen LogP contribution in [0.4, 0.5) is 18.9 Å². The molecule has 0 aromatic heterocycles. The lowest BCUT2D eigenvalue weighted by molar-refractivity contribution is 0.220. The topological polar surface area (TPSA) is 34.4 Å². The Morgan fingerprint density at radius 3 is 2.46 bits per heavy atom. The normalized spacial score (nSPS) is 16.6. The number of nitrogens with zero attached hydrogens (tertiary/aromatic N) is 5. The summed E-state index contributed by atoms with van der Waals surface area (Å²) < 4.78 is 43.2. The van der Waals surface area contributed by atoms with Crippen LogP contribution < -0.4 is 5.01 Å². The Morgan fingerprint density at radius 2 is 1.80 bits per heavy atom. The zero-order valence-electron chi connectivity index (χ0n) is 20.0. The first kappa shape index (κ1) is 25.7. The SMILES string of the molecule is CSN(CCCN1CCCCC1)N(Cc1ccc(C2=NN=C(C(F)F)C2)cc1F)c1ccccc1. The van der Waals surface area contributed by atoms with E-state index < -0.39 is 6.43 Å². The number of halogens is 3. The van der Waals surface area contributed by atoms with Crippen molar-refractivity contribution in [2.75, 3.05) is 37.4 Å². The molecule has 2 aromatic carbocycles. The van der Waals surface area contributed by atoms with Gasteiger partial charge in [-0.2, -0.15) is 14.6 Å². The fraction of sp³-hybridized carbons (Fsp3) is 0.462. The summed E-state index contributed by atoms with van der Waals surface area (Å²) in [5.74, 6) is -0.383. The number of rotatable bonds is 11. The van der Waals surface area contributed by atoms with Crippen LogP contribution in [-0.2, 0) is 6.54 Å². The van der Waals surface area contributed by atoms with Crippen molar-refractivity contribution in [3.8, 4) is 0 Å². The van der Waals surface area contributed by atoms with Crippen LogP contribution in [0.1, 0.15) is 43.2 Å². The molecule has 0 bridgehead atoms. The highest BCUT2D eigenvalue weighted by Crippen LogP contribution is 2.26. The van der Waals surface area contributed by atoms with E-state index in [1.807, 2.05) is 36.6 Å². The van der Waals surface area contributed by atoms with E-state index >= 15 is 4.39 Å². The Balaban J connectivity index is 1.46. The summed E-state index contributed by atoms with van der Waals surface area (Å²) in [5, 5.41) is 9.48. The largest absolute Gasteiger partial charge is 0.303 e. The van der Waals surface area contributed by atoms with Gasteiger partial charge in [0.25, 0.3) is 6.43 Å². The van der Waals surface area contributed by atoms with Gasteiger partial charge in [0.15, 0.2) is 0 Å². The highest BCUT2D eigenvalue weighted by Gasteiger charge is 2.23. The fourth-order valence-electron chi connectivity index (χ4n) is 4.49. The minimum absolute atomic E-state index is 0.0517. The molecule has 1 saturated heterocycles. The molecule has 9 heteroatoms. The van der Waals surface area contributed by atoms with E-state index in [0.29, 0.717) is 23.4 Å². The lowest BCUT2D eigenvalue weighted by Gasteiger charge is -2.36. The minimum atomic E-state index is -2.65. The maximum absolute atomic E-state index is 15.2. The van der Waals surface area contributed by atoms with Gasteiger partial charge >= 0.3 is 0 Å². The summed E-state index contributed by atoms with van der Waals surface area (Å²) in [4.78, 5) is 2.53. The van der Waals surface area contributed by atoms with Crippen LogP contribution in [0.3, 0.4) is 0 Å². The van der Waals surface area contributed by atoms with E-state index in [1.165, 1.54) is 38.4 Å². The first-order valence-corrected chi connectivity index (χ1v) is 13.3. The van der Waals surface area contributed by atoms with Crippen molar-refractivity contribution >= 4 is 29.1 Å². The van der Waals surface area contributed by atoms with Gasteiger partial charge < -0.3 is 4.90 Å². The molecule has 0 N–H and O–H groups in total. The molecule has 1 fully saturated rings. The summed E-state index contributed by atoms with van der Waals surface area (Å²) in [7, 11) is 0. The van der Waals surface area contributed by atoms with E-state index in [0.717, 1.165) is 25.2 Å². The predicted molar refractivity (Wildman–Crippen MR) is 139 cm³/mol. The molecular weight excluding hydrogens is 471 g/mol. The molecule has 2 aliphatic heterocycles. The highest BCUT2D eigenvalue weighted by atomic mass is 32.2. The Hall–Kier alpha value is -2.36. The first-order chi connectivity index (χ1) is 17.0. The van der Waals surface area contributed by atoms with Crippen LogP contribution in [0.2, 0.25) is 0 Å². The van der Waals surface area contributed by atoms with Crippen LogP contribution in [0, 0.1) is 5.82 Å². The van der Waals surface area contributed by atoms with Gasteiger partial charge in [0.05, 0.1) is 17.9 Å². The fourth-order valence-corrected chi connectivity index (χ4v) is 5.15. The average molecular weight is 504 g/mol. The van der Waals surface area contributed by atoms with E-state index in [4.69, 9.17) is 0 Å². The molecule has 2 heterocycles. The molecule has 0 spiro atoms. The highest BCUT2D eigenvalue weighted by molar-refractivity contribution is 7.96. The number of hydrogen-bond donors (Lipinski definition) is 0. The van der Waals surface area contributed by atoms with Gasteiger partial charge in [0.2, 0.25) is 0 Å². The van der Waals surface area contributed by atoms with Crippen LogP contribution >= 0.6 is 11.9 Å². The van der Waals surface area contributed by atoms with Gasteiger partial charge in [0.1, 0.15) is 11.5 Å². The van der Waals surface area contributed by atoms with E-state index in [1.54, 1.807) is 24.1 Å². The molecule has 4 rings (SSSR count). The van der Waals surface area contributed by atoms with E-state index in [-0.39, 0.29) is 17.9 Å². The maximum Gasteiger partial charge on any atom is 0.278 e. The molecule has 0 atom stereocenters. The molecule has 5 nitrogen and oxygen atoms in total. The number of hydrazine groups is 1. The van der Waals surface area contributed by atoms with Gasteiger partial charge in [-0.3, -0.25) is 5.01 Å². The Bertz CT molecular complexity index is 1020.